The summed E-state index contributed by atoms with van der Waals surface area (Å²) in [6.45, 7) is 3.38. The lowest BCUT2D eigenvalue weighted by Crippen LogP contribution is -2.25. The van der Waals surface area contributed by atoms with Crippen molar-refractivity contribution in [2.75, 3.05) is 40.5 Å². The summed E-state index contributed by atoms with van der Waals surface area (Å²) in [5.74, 6) is -2.43. The molecule has 0 bridgehead atoms. The van der Waals surface area contributed by atoms with Gasteiger partial charge < -0.3 is 15.2 Å². The molecule has 26 heavy (non-hydrogen) atoms. The molecule has 8 heteroatoms. The van der Waals surface area contributed by atoms with Crippen molar-refractivity contribution in [1.29, 1.82) is 0 Å². The van der Waals surface area contributed by atoms with Crippen LogP contribution in [0.2, 0.25) is 0 Å². The fraction of sp³-hybridized carbons (Fsp3) is 0.500. The molecule has 1 aromatic heterocycles. The normalized spacial score (nSPS) is 12.0. The Balaban J connectivity index is 2.40. The van der Waals surface area contributed by atoms with Crippen molar-refractivity contribution in [2.24, 2.45) is 5.73 Å². The summed E-state index contributed by atoms with van der Waals surface area (Å²) >= 11 is 0. The van der Waals surface area contributed by atoms with Crippen LogP contribution in [0.1, 0.15) is 18.2 Å². The first-order valence-electron chi connectivity index (χ1n) is 8.42. The Labute approximate surface area is 152 Å². The molecule has 0 atom stereocenters. The predicted octanol–water partition coefficient (Wildman–Crippen LogP) is 2.60. The topological polar surface area (TPSA) is 76.4 Å². The second kappa shape index (κ2) is 9.07. The Morgan fingerprint density at radius 3 is 2.69 bits per heavy atom. The van der Waals surface area contributed by atoms with Gasteiger partial charge in [0.15, 0.2) is 0 Å². The smallest absolute Gasteiger partial charge is 0.270 e. The maximum Gasteiger partial charge on any atom is 0.270 e. The van der Waals surface area contributed by atoms with Crippen molar-refractivity contribution in [3.63, 3.8) is 0 Å². The molecular formula is C18H26F2N4O2. The van der Waals surface area contributed by atoms with Gasteiger partial charge in [0.25, 0.3) is 5.92 Å². The SMILES string of the molecule is COCCOc1ccc(C(C)(F)F)cc1-c1c[nH]nc1CN(C)CCN. The number of methoxy groups -OCH3 is 1. The molecule has 2 aromatic rings. The van der Waals surface area contributed by atoms with Crippen LogP contribution in [0.5, 0.6) is 5.75 Å². The van der Waals surface area contributed by atoms with Gasteiger partial charge in [-0.05, 0) is 25.2 Å². The van der Waals surface area contributed by atoms with Gasteiger partial charge in [-0.25, -0.2) is 8.78 Å². The average Bonchev–Trinajstić information content (AvgIpc) is 3.02. The monoisotopic (exact) mass is 368 g/mol. The number of benzene rings is 1. The molecule has 0 unspecified atom stereocenters. The molecule has 2 rings (SSSR count). The number of hydrogen-bond acceptors (Lipinski definition) is 5. The predicted molar refractivity (Wildman–Crippen MR) is 96.4 cm³/mol. The molecule has 0 saturated carbocycles. The fourth-order valence-corrected chi connectivity index (χ4v) is 2.60. The number of aromatic amines is 1. The van der Waals surface area contributed by atoms with Crippen LogP contribution in [-0.4, -0.2) is 55.6 Å². The van der Waals surface area contributed by atoms with E-state index in [1.165, 1.54) is 12.1 Å². The van der Waals surface area contributed by atoms with Crippen molar-refractivity contribution < 1.29 is 18.3 Å². The summed E-state index contributed by atoms with van der Waals surface area (Å²) in [6, 6.07) is 4.41. The summed E-state index contributed by atoms with van der Waals surface area (Å²) in [5, 5.41) is 7.09. The average molecular weight is 368 g/mol. The number of aromatic nitrogens is 2. The molecule has 0 aliphatic carbocycles. The number of nitrogens with two attached hydrogens (primary N) is 1. The van der Waals surface area contributed by atoms with E-state index in [1.807, 2.05) is 11.9 Å². The lowest BCUT2D eigenvalue weighted by Gasteiger charge is -2.18. The molecule has 0 aliphatic rings. The summed E-state index contributed by atoms with van der Waals surface area (Å²) in [5.41, 5.74) is 7.56. The van der Waals surface area contributed by atoms with E-state index in [9.17, 15) is 8.78 Å². The molecule has 0 spiro atoms. The summed E-state index contributed by atoms with van der Waals surface area (Å²) < 4.78 is 38.4. The number of likely N-dealkylation sites (N-methyl/N-ethyl adjacent to an activating group) is 1. The van der Waals surface area contributed by atoms with Gasteiger partial charge in [-0.1, -0.05) is 0 Å². The Hall–Kier alpha value is -2.03. The highest BCUT2D eigenvalue weighted by Crippen LogP contribution is 2.37. The molecular weight excluding hydrogens is 342 g/mol. The van der Waals surface area contributed by atoms with E-state index in [-0.39, 0.29) is 5.56 Å². The maximum absolute atomic E-state index is 13.8. The minimum absolute atomic E-state index is 0.0749. The van der Waals surface area contributed by atoms with Gasteiger partial charge in [0.2, 0.25) is 0 Å². The lowest BCUT2D eigenvalue weighted by molar-refractivity contribution is 0.0174. The molecule has 0 aliphatic heterocycles. The standard InChI is InChI=1S/C18H26F2N4O2/c1-18(19,20)13-4-5-17(26-9-8-25-3)14(10-13)15-11-22-23-16(15)12-24(2)7-6-21/h4-5,10-11H,6-9,12,21H2,1-3H3,(H,22,23). The van der Waals surface area contributed by atoms with Crippen molar-refractivity contribution >= 4 is 0 Å². The molecule has 3 N–H and O–H groups in total. The molecule has 1 aromatic carbocycles. The number of nitrogens with zero attached hydrogens (tertiary/aromatic N) is 2. The number of alkyl halides is 2. The zero-order valence-electron chi connectivity index (χ0n) is 15.4. The van der Waals surface area contributed by atoms with Crippen LogP contribution in [0, 0.1) is 0 Å². The van der Waals surface area contributed by atoms with E-state index in [4.69, 9.17) is 15.2 Å². The minimum atomic E-state index is -2.94. The first kappa shape index (κ1) is 20.3. The fourth-order valence-electron chi connectivity index (χ4n) is 2.60. The Morgan fingerprint density at radius 1 is 1.27 bits per heavy atom. The van der Waals surface area contributed by atoms with Crippen molar-refractivity contribution in [1.82, 2.24) is 15.1 Å². The Morgan fingerprint density at radius 2 is 2.04 bits per heavy atom. The van der Waals surface area contributed by atoms with Gasteiger partial charge >= 0.3 is 0 Å². The zero-order valence-corrected chi connectivity index (χ0v) is 15.4. The van der Waals surface area contributed by atoms with Gasteiger partial charge in [0, 0.05) is 56.6 Å². The number of H-pyrrole nitrogens is 1. The van der Waals surface area contributed by atoms with Gasteiger partial charge in [0.1, 0.15) is 12.4 Å². The Bertz CT molecular complexity index is 701. The van der Waals surface area contributed by atoms with E-state index >= 15 is 0 Å². The van der Waals surface area contributed by atoms with Gasteiger partial charge in [-0.2, -0.15) is 5.10 Å². The molecule has 0 saturated heterocycles. The summed E-state index contributed by atoms with van der Waals surface area (Å²) in [7, 11) is 3.50. The van der Waals surface area contributed by atoms with Crippen LogP contribution in [0.3, 0.4) is 0 Å². The lowest BCUT2D eigenvalue weighted by atomic mass is 9.99. The highest BCUT2D eigenvalue weighted by Gasteiger charge is 2.26. The number of ether oxygens (including phenoxy) is 2. The van der Waals surface area contributed by atoms with Crippen LogP contribution in [0.15, 0.2) is 24.4 Å². The summed E-state index contributed by atoms with van der Waals surface area (Å²) in [4.78, 5) is 2.02. The molecule has 0 radical (unpaired) electrons. The van der Waals surface area contributed by atoms with Crippen LogP contribution < -0.4 is 10.5 Å². The van der Waals surface area contributed by atoms with Crippen LogP contribution in [0.25, 0.3) is 11.1 Å². The Kier molecular flexibility index (Phi) is 7.07. The van der Waals surface area contributed by atoms with E-state index in [0.717, 1.165) is 18.2 Å². The van der Waals surface area contributed by atoms with E-state index in [0.29, 0.717) is 44.2 Å². The summed E-state index contributed by atoms with van der Waals surface area (Å²) in [6.07, 6.45) is 1.70. The highest BCUT2D eigenvalue weighted by molar-refractivity contribution is 5.73. The van der Waals surface area contributed by atoms with Crippen molar-refractivity contribution in [3.8, 4) is 16.9 Å². The number of hydrogen-bond donors (Lipinski definition) is 2. The molecule has 1 heterocycles. The van der Waals surface area contributed by atoms with Crippen LogP contribution in [-0.2, 0) is 17.2 Å². The van der Waals surface area contributed by atoms with Crippen LogP contribution in [0.4, 0.5) is 8.78 Å². The van der Waals surface area contributed by atoms with E-state index < -0.39 is 5.92 Å². The zero-order chi connectivity index (χ0) is 19.2. The maximum atomic E-state index is 13.8. The van der Waals surface area contributed by atoms with Crippen molar-refractivity contribution in [2.45, 2.75) is 19.4 Å². The highest BCUT2D eigenvalue weighted by atomic mass is 19.3. The van der Waals surface area contributed by atoms with Gasteiger partial charge in [0.05, 0.1) is 12.3 Å². The van der Waals surface area contributed by atoms with E-state index in [1.54, 1.807) is 19.4 Å². The molecule has 0 fully saturated rings. The quantitative estimate of drug-likeness (QED) is 0.631. The second-order valence-corrected chi connectivity index (χ2v) is 6.21. The number of nitrogens with one attached hydrogen (secondary N) is 1. The largest absolute Gasteiger partial charge is 0.491 e. The third kappa shape index (κ3) is 5.23. The first-order chi connectivity index (χ1) is 12.4. The molecule has 144 valence electrons. The van der Waals surface area contributed by atoms with E-state index in [2.05, 4.69) is 10.2 Å². The first-order valence-corrected chi connectivity index (χ1v) is 8.42. The van der Waals surface area contributed by atoms with Crippen LogP contribution >= 0.6 is 0 Å². The second-order valence-electron chi connectivity index (χ2n) is 6.21. The molecule has 0 amide bonds. The van der Waals surface area contributed by atoms with Crippen molar-refractivity contribution in [3.05, 3.63) is 35.7 Å². The van der Waals surface area contributed by atoms with Gasteiger partial charge in [-0.15, -0.1) is 0 Å². The number of halogens is 2. The molecule has 6 nitrogen and oxygen atoms in total. The number of rotatable bonds is 10. The third-order valence-corrected chi connectivity index (χ3v) is 3.97. The third-order valence-electron chi connectivity index (χ3n) is 3.97. The minimum Gasteiger partial charge on any atom is -0.491 e. The van der Waals surface area contributed by atoms with Gasteiger partial charge in [-0.3, -0.25) is 10.00 Å².